The van der Waals surface area contributed by atoms with E-state index in [1.807, 2.05) is 22.9 Å². The molecule has 1 saturated heterocycles. The van der Waals surface area contributed by atoms with Crippen molar-refractivity contribution in [3.05, 3.63) is 41.2 Å². The van der Waals surface area contributed by atoms with Gasteiger partial charge in [-0.2, -0.15) is 5.10 Å². The first-order valence-electron chi connectivity index (χ1n) is 14.8. The topological polar surface area (TPSA) is 82.8 Å². The van der Waals surface area contributed by atoms with E-state index in [2.05, 4.69) is 37.9 Å². The highest BCUT2D eigenvalue weighted by Gasteiger charge is 2.66. The lowest BCUT2D eigenvalue weighted by Gasteiger charge is -2.37. The number of phenols is 1. The average molecular weight is 525 g/mol. The van der Waals surface area contributed by atoms with Gasteiger partial charge in [0.2, 0.25) is 0 Å². The minimum atomic E-state index is -0.719. The summed E-state index contributed by atoms with van der Waals surface area (Å²) in [6.07, 6.45) is 6.41. The Hall–Kier alpha value is -1.93. The SMILES string of the molecule is CCc1nn(-c2ccccc2O)c(CCCCOC)c1C(O)N(CC(C)C)C1CC12CNCC1(CC1C)C2. The van der Waals surface area contributed by atoms with Crippen LogP contribution in [-0.2, 0) is 17.6 Å². The van der Waals surface area contributed by atoms with Crippen LogP contribution in [0.1, 0.15) is 83.0 Å². The molecule has 5 rings (SSSR count). The Morgan fingerprint density at radius 2 is 1.92 bits per heavy atom. The summed E-state index contributed by atoms with van der Waals surface area (Å²) in [5.74, 6) is 1.45. The van der Waals surface area contributed by atoms with Crippen LogP contribution in [-0.4, -0.2) is 64.3 Å². The second kappa shape index (κ2) is 10.9. The summed E-state index contributed by atoms with van der Waals surface area (Å²) in [6.45, 7) is 12.8. The molecule has 210 valence electrons. The number of ether oxygens (including phenoxy) is 1. The number of hydrogen-bond donors (Lipinski definition) is 3. The normalized spacial score (nSPS) is 29.1. The van der Waals surface area contributed by atoms with Crippen LogP contribution in [0.15, 0.2) is 24.3 Å². The molecule has 3 fully saturated rings. The first-order chi connectivity index (χ1) is 18.2. The van der Waals surface area contributed by atoms with E-state index in [-0.39, 0.29) is 11.2 Å². The predicted octanol–water partition coefficient (Wildman–Crippen LogP) is 4.84. The number of unbranched alkanes of at least 4 members (excludes halogenated alkanes) is 1. The van der Waals surface area contributed by atoms with E-state index in [1.165, 1.54) is 12.8 Å². The molecular formula is C31H48N4O3. The summed E-state index contributed by atoms with van der Waals surface area (Å²) >= 11 is 0. The van der Waals surface area contributed by atoms with Crippen LogP contribution in [0.3, 0.4) is 0 Å². The van der Waals surface area contributed by atoms with E-state index in [1.54, 1.807) is 13.2 Å². The van der Waals surface area contributed by atoms with Crippen LogP contribution in [0.4, 0.5) is 0 Å². The zero-order valence-electron chi connectivity index (χ0n) is 24.0. The lowest BCUT2D eigenvalue weighted by molar-refractivity contribution is -0.0253. The van der Waals surface area contributed by atoms with E-state index in [4.69, 9.17) is 9.84 Å². The Morgan fingerprint density at radius 3 is 2.58 bits per heavy atom. The van der Waals surface area contributed by atoms with Crippen molar-refractivity contribution in [3.63, 3.8) is 0 Å². The molecule has 7 nitrogen and oxygen atoms in total. The Morgan fingerprint density at radius 1 is 1.18 bits per heavy atom. The van der Waals surface area contributed by atoms with Crippen LogP contribution in [0.25, 0.3) is 5.69 Å². The molecule has 7 heteroatoms. The highest BCUT2D eigenvalue weighted by molar-refractivity contribution is 5.48. The molecule has 2 aromatic rings. The molecule has 0 bridgehead atoms. The summed E-state index contributed by atoms with van der Waals surface area (Å²) in [4.78, 5) is 2.39. The van der Waals surface area contributed by atoms with Gasteiger partial charge < -0.3 is 20.3 Å². The van der Waals surface area contributed by atoms with E-state index < -0.39 is 6.23 Å². The van der Waals surface area contributed by atoms with Crippen molar-refractivity contribution in [1.29, 1.82) is 0 Å². The summed E-state index contributed by atoms with van der Waals surface area (Å²) in [5, 5.41) is 31.7. The van der Waals surface area contributed by atoms with Gasteiger partial charge in [0.25, 0.3) is 0 Å². The van der Waals surface area contributed by atoms with Gasteiger partial charge in [-0.05, 0) is 74.3 Å². The Kier molecular flexibility index (Phi) is 7.94. The van der Waals surface area contributed by atoms with Gasteiger partial charge in [-0.25, -0.2) is 4.68 Å². The van der Waals surface area contributed by atoms with Crippen molar-refractivity contribution in [1.82, 2.24) is 20.0 Å². The van der Waals surface area contributed by atoms with Crippen molar-refractivity contribution in [2.24, 2.45) is 22.7 Å². The van der Waals surface area contributed by atoms with Gasteiger partial charge in [0.15, 0.2) is 0 Å². The third-order valence-corrected chi connectivity index (χ3v) is 9.51. The zero-order chi connectivity index (χ0) is 27.1. The molecule has 1 aromatic heterocycles. The summed E-state index contributed by atoms with van der Waals surface area (Å²) in [6, 6.07) is 7.74. The maximum absolute atomic E-state index is 12.2. The smallest absolute Gasteiger partial charge is 0.141 e. The molecule has 38 heavy (non-hydrogen) atoms. The number of aromatic hydroxyl groups is 1. The Bertz CT molecular complexity index is 1120. The van der Waals surface area contributed by atoms with E-state index in [0.717, 1.165) is 74.6 Å². The number of para-hydroxylation sites is 2. The molecule has 2 saturated carbocycles. The van der Waals surface area contributed by atoms with Gasteiger partial charge in [0, 0.05) is 50.4 Å². The fourth-order valence-corrected chi connectivity index (χ4v) is 7.29. The summed E-state index contributed by atoms with van der Waals surface area (Å²) < 4.78 is 7.19. The second-order valence-electron chi connectivity index (χ2n) is 12.8. The van der Waals surface area contributed by atoms with Gasteiger partial charge in [-0.1, -0.05) is 39.8 Å². The average Bonchev–Trinajstić information content (AvgIpc) is 3.69. The van der Waals surface area contributed by atoms with Crippen LogP contribution in [0, 0.1) is 22.7 Å². The van der Waals surface area contributed by atoms with Gasteiger partial charge >= 0.3 is 0 Å². The van der Waals surface area contributed by atoms with Crippen molar-refractivity contribution in [2.75, 3.05) is 33.4 Å². The lowest BCUT2D eigenvalue weighted by Crippen LogP contribution is -2.45. The maximum Gasteiger partial charge on any atom is 0.141 e. The second-order valence-corrected chi connectivity index (χ2v) is 12.8. The Labute approximate surface area is 228 Å². The number of aliphatic hydroxyl groups is 1. The number of nitrogens with zero attached hydrogens (tertiary/aromatic N) is 3. The number of aromatic nitrogens is 2. The third kappa shape index (κ3) is 5.15. The number of methoxy groups -OCH3 is 1. The summed E-state index contributed by atoms with van der Waals surface area (Å²) in [5.41, 5.74) is 4.26. The number of hydrogen-bond acceptors (Lipinski definition) is 6. The molecule has 2 spiro atoms. The first kappa shape index (κ1) is 27.6. The highest BCUT2D eigenvalue weighted by atomic mass is 16.5. The number of phenolic OH excluding ortho intramolecular Hbond substituents is 1. The van der Waals surface area contributed by atoms with Gasteiger partial charge in [0.05, 0.1) is 11.4 Å². The molecule has 1 aliphatic heterocycles. The van der Waals surface area contributed by atoms with E-state index in [9.17, 15) is 10.2 Å². The number of nitrogens with one attached hydrogen (secondary N) is 1. The van der Waals surface area contributed by atoms with Crippen LogP contribution in [0.2, 0.25) is 0 Å². The molecule has 2 heterocycles. The van der Waals surface area contributed by atoms with Crippen molar-refractivity contribution < 1.29 is 14.9 Å². The number of rotatable bonds is 12. The zero-order valence-corrected chi connectivity index (χ0v) is 24.0. The summed E-state index contributed by atoms with van der Waals surface area (Å²) in [7, 11) is 1.73. The maximum atomic E-state index is 12.2. The fraction of sp³-hybridized carbons (Fsp3) is 0.710. The highest BCUT2D eigenvalue weighted by Crippen LogP contribution is 2.67. The third-order valence-electron chi connectivity index (χ3n) is 9.51. The minimum absolute atomic E-state index is 0.203. The van der Waals surface area contributed by atoms with Crippen LogP contribution in [0.5, 0.6) is 5.75 Å². The molecule has 2 aliphatic carbocycles. The molecule has 3 N–H and O–H groups in total. The Balaban J connectivity index is 1.50. The molecule has 3 aliphatic rings. The van der Waals surface area contributed by atoms with Gasteiger partial charge in [0.1, 0.15) is 17.7 Å². The van der Waals surface area contributed by atoms with Crippen molar-refractivity contribution in [3.8, 4) is 11.4 Å². The predicted molar refractivity (Wildman–Crippen MR) is 150 cm³/mol. The first-order valence-corrected chi connectivity index (χ1v) is 14.8. The molecular weight excluding hydrogens is 476 g/mol. The van der Waals surface area contributed by atoms with Gasteiger partial charge in [-0.3, -0.25) is 4.90 Å². The molecule has 0 amide bonds. The molecule has 5 unspecified atom stereocenters. The van der Waals surface area contributed by atoms with E-state index in [0.29, 0.717) is 29.7 Å². The quantitative estimate of drug-likeness (QED) is 0.272. The van der Waals surface area contributed by atoms with Gasteiger partial charge in [-0.15, -0.1) is 0 Å². The molecule has 5 atom stereocenters. The fourth-order valence-electron chi connectivity index (χ4n) is 7.29. The monoisotopic (exact) mass is 524 g/mol. The number of piperidine rings is 1. The molecule has 1 aromatic carbocycles. The lowest BCUT2D eigenvalue weighted by atomic mass is 9.83. The van der Waals surface area contributed by atoms with Crippen molar-refractivity contribution >= 4 is 0 Å². The largest absolute Gasteiger partial charge is 0.506 e. The molecule has 0 radical (unpaired) electrons. The number of aliphatic hydroxyl groups excluding tert-OH is 1. The minimum Gasteiger partial charge on any atom is -0.506 e. The number of benzene rings is 1. The van der Waals surface area contributed by atoms with Crippen LogP contribution < -0.4 is 5.32 Å². The standard InChI is InChI=1S/C31H48N4O3/c1-6-23-28(25(12-9-10-14-38-5)35(33-23)24-11-7-8-13-26(24)36)29(37)34(17-21(2)3)27-16-31(27)18-30(15-22(30)4)19-32-20-31/h7-8,11,13,21-22,27,29,32,36-37H,6,9-10,12,14-20H2,1-5H3. The van der Waals surface area contributed by atoms with E-state index >= 15 is 0 Å². The van der Waals surface area contributed by atoms with Crippen molar-refractivity contribution in [2.45, 2.75) is 84.9 Å². The van der Waals surface area contributed by atoms with Crippen LogP contribution >= 0.6 is 0 Å². The number of aryl methyl sites for hydroxylation is 1.